The zero-order valence-corrected chi connectivity index (χ0v) is 24.6. The van der Waals surface area contributed by atoms with Gasteiger partial charge in [0.1, 0.15) is 24.0 Å². The smallest absolute Gasteiger partial charge is 0.313 e. The van der Waals surface area contributed by atoms with Crippen LogP contribution in [0.4, 0.5) is 0 Å². The molecule has 0 aromatic heterocycles. The summed E-state index contributed by atoms with van der Waals surface area (Å²) in [6.07, 6.45) is 6.46. The summed E-state index contributed by atoms with van der Waals surface area (Å²) in [7, 11) is 0. The Bertz CT molecular complexity index is 1320. The highest BCUT2D eigenvalue weighted by Gasteiger charge is 2.15. The van der Waals surface area contributed by atoms with Crippen LogP contribution in [0.15, 0.2) is 85.3 Å². The van der Waals surface area contributed by atoms with E-state index in [1.54, 1.807) is 20.8 Å². The molecule has 3 aromatic carbocycles. The SMILES string of the molecule is C=C(C)C(O)Oc1cc(-c2ccc(-c3ccc(CCCCC)cc3)cc2O/C=C/OC(=O)C(C)C)ccc1CCO. The minimum Gasteiger partial charge on any atom is -0.461 e. The number of hydrogen-bond donors (Lipinski definition) is 2. The molecule has 1 unspecified atom stereocenters. The molecule has 0 saturated heterocycles. The molecular weight excluding hydrogens is 516 g/mol. The Morgan fingerprint density at radius 2 is 1.59 bits per heavy atom. The Kier molecular flexibility index (Phi) is 12.2. The third-order valence-corrected chi connectivity index (χ3v) is 6.66. The Balaban J connectivity index is 1.98. The zero-order chi connectivity index (χ0) is 29.8. The van der Waals surface area contributed by atoms with Gasteiger partial charge in [-0.1, -0.05) is 88.7 Å². The van der Waals surface area contributed by atoms with Gasteiger partial charge in [0.2, 0.25) is 6.29 Å². The van der Waals surface area contributed by atoms with E-state index in [0.29, 0.717) is 23.5 Å². The monoisotopic (exact) mass is 558 g/mol. The van der Waals surface area contributed by atoms with Crippen LogP contribution in [0.3, 0.4) is 0 Å². The molecule has 218 valence electrons. The van der Waals surface area contributed by atoms with Gasteiger partial charge in [-0.3, -0.25) is 4.79 Å². The highest BCUT2D eigenvalue weighted by Crippen LogP contribution is 2.37. The summed E-state index contributed by atoms with van der Waals surface area (Å²) in [5.74, 6) is 0.388. The fraction of sp³-hybridized carbons (Fsp3) is 0.343. The normalized spacial score (nSPS) is 12.0. The number of hydrogen-bond acceptors (Lipinski definition) is 6. The number of carbonyl (C=O) groups excluding carboxylic acids is 1. The van der Waals surface area contributed by atoms with Gasteiger partial charge in [-0.25, -0.2) is 0 Å². The van der Waals surface area contributed by atoms with Crippen LogP contribution in [0.5, 0.6) is 11.5 Å². The topological polar surface area (TPSA) is 85.2 Å². The van der Waals surface area contributed by atoms with Crippen molar-refractivity contribution in [2.24, 2.45) is 5.92 Å². The van der Waals surface area contributed by atoms with Crippen LogP contribution in [-0.2, 0) is 22.4 Å². The summed E-state index contributed by atoms with van der Waals surface area (Å²) >= 11 is 0. The Morgan fingerprint density at radius 3 is 2.24 bits per heavy atom. The Labute approximate surface area is 243 Å². The van der Waals surface area contributed by atoms with Gasteiger partial charge in [0, 0.05) is 12.2 Å². The van der Waals surface area contributed by atoms with Crippen LogP contribution >= 0.6 is 0 Å². The molecule has 6 nitrogen and oxygen atoms in total. The second kappa shape index (κ2) is 15.8. The molecule has 0 aliphatic carbocycles. The summed E-state index contributed by atoms with van der Waals surface area (Å²) in [5, 5.41) is 19.8. The summed E-state index contributed by atoms with van der Waals surface area (Å²) in [6.45, 7) is 11.1. The molecule has 0 saturated carbocycles. The molecule has 3 rings (SSSR count). The van der Waals surface area contributed by atoms with Gasteiger partial charge in [-0.05, 0) is 71.7 Å². The molecule has 1 atom stereocenters. The van der Waals surface area contributed by atoms with Gasteiger partial charge in [0.15, 0.2) is 0 Å². The second-order valence-electron chi connectivity index (χ2n) is 10.5. The number of rotatable bonds is 15. The average Bonchev–Trinajstić information content (AvgIpc) is 2.96. The highest BCUT2D eigenvalue weighted by atomic mass is 16.6. The van der Waals surface area contributed by atoms with Crippen LogP contribution in [0.25, 0.3) is 22.3 Å². The number of aryl methyl sites for hydroxylation is 1. The molecule has 0 spiro atoms. The summed E-state index contributed by atoms with van der Waals surface area (Å²) in [6, 6.07) is 20.1. The van der Waals surface area contributed by atoms with Crippen LogP contribution in [0, 0.1) is 5.92 Å². The predicted octanol–water partition coefficient (Wildman–Crippen LogP) is 7.61. The second-order valence-corrected chi connectivity index (χ2v) is 10.5. The maximum Gasteiger partial charge on any atom is 0.313 e. The van der Waals surface area contributed by atoms with E-state index in [9.17, 15) is 15.0 Å². The zero-order valence-electron chi connectivity index (χ0n) is 24.6. The van der Waals surface area contributed by atoms with Gasteiger partial charge in [-0.15, -0.1) is 0 Å². The largest absolute Gasteiger partial charge is 0.461 e. The summed E-state index contributed by atoms with van der Waals surface area (Å²) in [4.78, 5) is 11.9. The van der Waals surface area contributed by atoms with E-state index in [-0.39, 0.29) is 18.5 Å². The molecule has 3 aromatic rings. The molecule has 6 heteroatoms. The van der Waals surface area contributed by atoms with E-state index in [1.165, 1.54) is 37.4 Å². The minimum atomic E-state index is -1.18. The lowest BCUT2D eigenvalue weighted by Gasteiger charge is -2.18. The average molecular weight is 559 g/mol. The van der Waals surface area contributed by atoms with Crippen molar-refractivity contribution < 1.29 is 29.2 Å². The van der Waals surface area contributed by atoms with Crippen molar-refractivity contribution in [1.29, 1.82) is 0 Å². The lowest BCUT2D eigenvalue weighted by atomic mass is 9.96. The van der Waals surface area contributed by atoms with Crippen LogP contribution in [0.2, 0.25) is 0 Å². The maximum atomic E-state index is 11.9. The molecule has 0 bridgehead atoms. The lowest BCUT2D eigenvalue weighted by Crippen LogP contribution is -2.17. The van der Waals surface area contributed by atoms with E-state index in [0.717, 1.165) is 34.2 Å². The number of ether oxygens (including phenoxy) is 3. The number of aliphatic hydroxyl groups is 2. The van der Waals surface area contributed by atoms with Gasteiger partial charge < -0.3 is 24.4 Å². The van der Waals surface area contributed by atoms with Crippen molar-refractivity contribution in [2.75, 3.05) is 6.61 Å². The molecule has 0 aliphatic rings. The van der Waals surface area contributed by atoms with Gasteiger partial charge in [0.05, 0.1) is 5.92 Å². The Hall–Kier alpha value is -3.87. The highest BCUT2D eigenvalue weighted by molar-refractivity contribution is 5.77. The van der Waals surface area contributed by atoms with Crippen molar-refractivity contribution in [3.05, 3.63) is 96.5 Å². The molecule has 0 fully saturated rings. The number of aliphatic hydroxyl groups excluding tert-OH is 2. The molecule has 0 aliphatic heterocycles. The predicted molar refractivity (Wildman–Crippen MR) is 163 cm³/mol. The number of benzene rings is 3. The van der Waals surface area contributed by atoms with Crippen LogP contribution in [0.1, 0.15) is 58.1 Å². The van der Waals surface area contributed by atoms with Crippen molar-refractivity contribution in [3.8, 4) is 33.8 Å². The maximum absolute atomic E-state index is 11.9. The summed E-state index contributed by atoms with van der Waals surface area (Å²) < 4.78 is 16.9. The molecule has 0 radical (unpaired) electrons. The van der Waals surface area contributed by atoms with Gasteiger partial charge in [-0.2, -0.15) is 0 Å². The standard InChI is InChI=1S/C35H42O6/c1-6-7-8-9-26-10-12-27(13-11-26)29-16-17-31(33(22-29)39-20-21-40-34(37)24(2)3)30-15-14-28(18-19-36)32(23-30)41-35(38)25(4)5/h10-17,20-24,35-36,38H,4,6-9,18-19H2,1-3,5H3/b21-20+. The van der Waals surface area contributed by atoms with E-state index in [2.05, 4.69) is 37.8 Å². The van der Waals surface area contributed by atoms with Crippen molar-refractivity contribution >= 4 is 5.97 Å². The fourth-order valence-electron chi connectivity index (χ4n) is 4.19. The fourth-order valence-corrected chi connectivity index (χ4v) is 4.19. The number of esters is 1. The third kappa shape index (κ3) is 9.34. The first kappa shape index (κ1) is 31.7. The van der Waals surface area contributed by atoms with E-state index < -0.39 is 6.29 Å². The molecule has 0 amide bonds. The first-order valence-corrected chi connectivity index (χ1v) is 14.2. The van der Waals surface area contributed by atoms with Crippen molar-refractivity contribution in [3.63, 3.8) is 0 Å². The molecule has 0 heterocycles. The minimum absolute atomic E-state index is 0.0563. The quantitative estimate of drug-likeness (QED) is 0.0657. The first-order valence-electron chi connectivity index (χ1n) is 14.2. The van der Waals surface area contributed by atoms with Gasteiger partial charge >= 0.3 is 5.97 Å². The van der Waals surface area contributed by atoms with E-state index in [1.807, 2.05) is 36.4 Å². The lowest BCUT2D eigenvalue weighted by molar-refractivity contribution is -0.141. The molecule has 41 heavy (non-hydrogen) atoms. The summed E-state index contributed by atoms with van der Waals surface area (Å²) in [5.41, 5.74) is 6.14. The first-order chi connectivity index (χ1) is 19.7. The van der Waals surface area contributed by atoms with Crippen LogP contribution < -0.4 is 9.47 Å². The van der Waals surface area contributed by atoms with Crippen LogP contribution in [-0.4, -0.2) is 29.1 Å². The van der Waals surface area contributed by atoms with Gasteiger partial charge in [0.25, 0.3) is 0 Å². The third-order valence-electron chi connectivity index (χ3n) is 6.66. The van der Waals surface area contributed by atoms with Crippen molar-refractivity contribution in [2.45, 2.75) is 66.1 Å². The number of unbranched alkanes of at least 4 members (excludes halogenated alkanes) is 2. The molecule has 2 N–H and O–H groups in total. The molecular formula is C35H42O6. The van der Waals surface area contributed by atoms with E-state index in [4.69, 9.17) is 14.2 Å². The Morgan fingerprint density at radius 1 is 0.902 bits per heavy atom. The number of carbonyl (C=O) groups is 1. The van der Waals surface area contributed by atoms with E-state index >= 15 is 0 Å². The van der Waals surface area contributed by atoms with Crippen molar-refractivity contribution in [1.82, 2.24) is 0 Å².